The molecule has 3 heterocycles. The summed E-state index contributed by atoms with van der Waals surface area (Å²) in [5.41, 5.74) is 0. The van der Waals surface area contributed by atoms with Crippen LogP contribution >= 0.6 is 11.3 Å². The van der Waals surface area contributed by atoms with Crippen molar-refractivity contribution in [1.29, 1.82) is 0 Å². The summed E-state index contributed by atoms with van der Waals surface area (Å²) < 4.78 is 0. The fourth-order valence-electron chi connectivity index (χ4n) is 3.25. The smallest absolute Gasteiger partial charge is 0.227 e. The molecule has 3 rings (SSSR count). The first-order valence-corrected chi connectivity index (χ1v) is 8.71. The zero-order valence-electron chi connectivity index (χ0n) is 12.3. The molecule has 5 heteroatoms. The van der Waals surface area contributed by atoms with Crippen molar-refractivity contribution in [3.63, 3.8) is 0 Å². The summed E-state index contributed by atoms with van der Waals surface area (Å²) in [5, 5.41) is 2.00. The van der Waals surface area contributed by atoms with Gasteiger partial charge in [-0.05, 0) is 37.1 Å². The third-order valence-corrected chi connectivity index (χ3v) is 5.40. The lowest BCUT2D eigenvalue weighted by molar-refractivity contribution is -0.139. The Morgan fingerprint density at radius 1 is 1.10 bits per heavy atom. The van der Waals surface area contributed by atoms with Crippen molar-refractivity contribution in [2.75, 3.05) is 26.2 Å². The van der Waals surface area contributed by atoms with E-state index in [4.69, 9.17) is 0 Å². The van der Waals surface area contributed by atoms with Gasteiger partial charge in [0.05, 0.1) is 6.42 Å². The number of carbonyl (C=O) groups excluding carboxylic acids is 2. The van der Waals surface area contributed by atoms with Crippen LogP contribution < -0.4 is 0 Å². The van der Waals surface area contributed by atoms with Crippen LogP contribution in [0.5, 0.6) is 0 Å². The van der Waals surface area contributed by atoms with E-state index in [9.17, 15) is 9.59 Å². The Morgan fingerprint density at radius 2 is 1.81 bits per heavy atom. The minimum atomic E-state index is 0.133. The predicted molar refractivity (Wildman–Crippen MR) is 83.1 cm³/mol. The maximum absolute atomic E-state index is 12.4. The average Bonchev–Trinajstić information content (AvgIpc) is 3.20. The molecule has 2 aliphatic rings. The van der Waals surface area contributed by atoms with E-state index in [1.165, 1.54) is 0 Å². The van der Waals surface area contributed by atoms with Crippen molar-refractivity contribution < 1.29 is 9.59 Å². The van der Waals surface area contributed by atoms with E-state index in [2.05, 4.69) is 0 Å². The molecule has 4 nitrogen and oxygen atoms in total. The highest BCUT2D eigenvalue weighted by Gasteiger charge is 2.31. The second-order valence-corrected chi connectivity index (χ2v) is 6.98. The van der Waals surface area contributed by atoms with Crippen LogP contribution in [0, 0.1) is 5.92 Å². The molecule has 2 fully saturated rings. The van der Waals surface area contributed by atoms with Gasteiger partial charge >= 0.3 is 0 Å². The van der Waals surface area contributed by atoms with E-state index >= 15 is 0 Å². The number of thiophene rings is 1. The van der Waals surface area contributed by atoms with E-state index in [1.54, 1.807) is 11.3 Å². The summed E-state index contributed by atoms with van der Waals surface area (Å²) in [4.78, 5) is 29.6. The van der Waals surface area contributed by atoms with Crippen molar-refractivity contribution in [1.82, 2.24) is 9.80 Å². The minimum Gasteiger partial charge on any atom is -0.342 e. The highest BCUT2D eigenvalue weighted by molar-refractivity contribution is 7.10. The number of amides is 2. The largest absolute Gasteiger partial charge is 0.342 e. The van der Waals surface area contributed by atoms with Crippen LogP contribution in [0.3, 0.4) is 0 Å². The molecule has 0 N–H and O–H groups in total. The van der Waals surface area contributed by atoms with E-state index in [1.807, 2.05) is 27.3 Å². The summed E-state index contributed by atoms with van der Waals surface area (Å²) >= 11 is 1.63. The molecular weight excluding hydrogens is 284 g/mol. The van der Waals surface area contributed by atoms with Crippen molar-refractivity contribution >= 4 is 23.2 Å². The van der Waals surface area contributed by atoms with Gasteiger partial charge in [-0.2, -0.15) is 0 Å². The van der Waals surface area contributed by atoms with Crippen LogP contribution in [-0.2, 0) is 16.0 Å². The molecule has 114 valence electrons. The standard InChI is InChI=1S/C16H22N2O2S/c19-15(12-14-4-3-11-21-14)17-9-5-13(6-10-17)16(20)18-7-1-2-8-18/h3-4,11,13H,1-2,5-10,12H2. The van der Waals surface area contributed by atoms with Gasteiger partial charge in [-0.25, -0.2) is 0 Å². The van der Waals surface area contributed by atoms with E-state index in [0.29, 0.717) is 12.3 Å². The minimum absolute atomic E-state index is 0.133. The van der Waals surface area contributed by atoms with Crippen LogP contribution in [0.4, 0.5) is 0 Å². The summed E-state index contributed by atoms with van der Waals surface area (Å²) in [5.74, 6) is 0.649. The van der Waals surface area contributed by atoms with Gasteiger partial charge in [0, 0.05) is 37.0 Å². The molecular formula is C16H22N2O2S. The van der Waals surface area contributed by atoms with Gasteiger partial charge in [0.25, 0.3) is 0 Å². The Balaban J connectivity index is 1.48. The zero-order valence-corrected chi connectivity index (χ0v) is 13.1. The molecule has 1 aromatic heterocycles. The topological polar surface area (TPSA) is 40.6 Å². The van der Waals surface area contributed by atoms with Gasteiger partial charge in [-0.3, -0.25) is 9.59 Å². The van der Waals surface area contributed by atoms with Gasteiger partial charge in [0.2, 0.25) is 11.8 Å². The lowest BCUT2D eigenvalue weighted by Crippen LogP contribution is -2.44. The zero-order chi connectivity index (χ0) is 14.7. The number of carbonyl (C=O) groups is 2. The fourth-order valence-corrected chi connectivity index (χ4v) is 3.94. The van der Waals surface area contributed by atoms with Crippen molar-refractivity contribution in [3.05, 3.63) is 22.4 Å². The molecule has 1 aromatic rings. The first-order valence-electron chi connectivity index (χ1n) is 7.83. The molecule has 0 bridgehead atoms. The Bertz CT molecular complexity index is 486. The van der Waals surface area contributed by atoms with Crippen LogP contribution in [0.15, 0.2) is 17.5 Å². The fraction of sp³-hybridized carbons (Fsp3) is 0.625. The highest BCUT2D eigenvalue weighted by atomic mass is 32.1. The van der Waals surface area contributed by atoms with Gasteiger partial charge in [-0.1, -0.05) is 6.07 Å². The molecule has 2 aliphatic heterocycles. The van der Waals surface area contributed by atoms with Gasteiger partial charge in [0.1, 0.15) is 0 Å². The Labute approximate surface area is 129 Å². The third kappa shape index (κ3) is 3.46. The molecule has 0 aliphatic carbocycles. The number of likely N-dealkylation sites (tertiary alicyclic amines) is 2. The molecule has 0 radical (unpaired) electrons. The van der Waals surface area contributed by atoms with Crippen molar-refractivity contribution in [2.24, 2.45) is 5.92 Å². The monoisotopic (exact) mass is 306 g/mol. The number of nitrogens with zero attached hydrogens (tertiary/aromatic N) is 2. The SMILES string of the molecule is O=C(Cc1cccs1)N1CCC(C(=O)N2CCCC2)CC1. The highest BCUT2D eigenvalue weighted by Crippen LogP contribution is 2.23. The first kappa shape index (κ1) is 14.6. The van der Waals surface area contributed by atoms with Crippen LogP contribution in [0.25, 0.3) is 0 Å². The van der Waals surface area contributed by atoms with Gasteiger partial charge in [-0.15, -0.1) is 11.3 Å². The summed E-state index contributed by atoms with van der Waals surface area (Å²) in [7, 11) is 0. The van der Waals surface area contributed by atoms with Gasteiger partial charge < -0.3 is 9.80 Å². The quantitative estimate of drug-likeness (QED) is 0.858. The number of hydrogen-bond donors (Lipinski definition) is 0. The summed E-state index contributed by atoms with van der Waals surface area (Å²) in [6.45, 7) is 3.32. The lowest BCUT2D eigenvalue weighted by atomic mass is 9.95. The van der Waals surface area contributed by atoms with E-state index < -0.39 is 0 Å². The second-order valence-electron chi connectivity index (χ2n) is 5.94. The molecule has 0 saturated carbocycles. The molecule has 0 aromatic carbocycles. The number of rotatable bonds is 3. The number of piperidine rings is 1. The molecule has 0 atom stereocenters. The lowest BCUT2D eigenvalue weighted by Gasteiger charge is -2.33. The van der Waals surface area contributed by atoms with Crippen LogP contribution in [0.2, 0.25) is 0 Å². The molecule has 21 heavy (non-hydrogen) atoms. The molecule has 2 amide bonds. The van der Waals surface area contributed by atoms with Crippen LogP contribution in [-0.4, -0.2) is 47.8 Å². The molecule has 2 saturated heterocycles. The predicted octanol–water partition coefficient (Wildman–Crippen LogP) is 2.15. The average molecular weight is 306 g/mol. The second kappa shape index (κ2) is 6.60. The molecule has 0 spiro atoms. The van der Waals surface area contributed by atoms with Crippen molar-refractivity contribution in [2.45, 2.75) is 32.1 Å². The third-order valence-electron chi connectivity index (χ3n) is 4.52. The van der Waals surface area contributed by atoms with Crippen LogP contribution in [0.1, 0.15) is 30.6 Å². The summed E-state index contributed by atoms with van der Waals surface area (Å²) in [6, 6.07) is 3.99. The summed E-state index contributed by atoms with van der Waals surface area (Å²) in [6.07, 6.45) is 4.44. The maximum Gasteiger partial charge on any atom is 0.227 e. The first-order chi connectivity index (χ1) is 10.2. The van der Waals surface area contributed by atoms with Crippen molar-refractivity contribution in [3.8, 4) is 0 Å². The Hall–Kier alpha value is -1.36. The van der Waals surface area contributed by atoms with E-state index in [-0.39, 0.29) is 11.8 Å². The maximum atomic E-state index is 12.4. The Morgan fingerprint density at radius 3 is 2.43 bits per heavy atom. The number of hydrogen-bond acceptors (Lipinski definition) is 3. The normalized spacial score (nSPS) is 20.0. The Kier molecular flexibility index (Phi) is 4.58. The van der Waals surface area contributed by atoms with E-state index in [0.717, 1.165) is 56.7 Å². The van der Waals surface area contributed by atoms with Gasteiger partial charge in [0.15, 0.2) is 0 Å². The molecule has 0 unspecified atom stereocenters.